The molecule has 0 aromatic rings. The summed E-state index contributed by atoms with van der Waals surface area (Å²) in [6.45, 7) is 3.63. The SMILES string of the molecule is CCCCCCCCCCCCCCCC[N+](C)(C)C.O.[Br-]. The Morgan fingerprint density at radius 2 is 0.773 bits per heavy atom. The van der Waals surface area contributed by atoms with Crippen LogP contribution in [0.2, 0.25) is 0 Å². The molecule has 0 aliphatic heterocycles. The van der Waals surface area contributed by atoms with E-state index in [9.17, 15) is 0 Å². The van der Waals surface area contributed by atoms with E-state index in [-0.39, 0.29) is 22.5 Å². The van der Waals surface area contributed by atoms with E-state index in [1.807, 2.05) is 0 Å². The first kappa shape index (κ1) is 27.3. The van der Waals surface area contributed by atoms with E-state index in [4.69, 9.17) is 0 Å². The van der Waals surface area contributed by atoms with Gasteiger partial charge in [0, 0.05) is 0 Å². The highest BCUT2D eigenvalue weighted by Crippen LogP contribution is 2.13. The summed E-state index contributed by atoms with van der Waals surface area (Å²) in [4.78, 5) is 0. The molecule has 3 heteroatoms. The van der Waals surface area contributed by atoms with Crippen LogP contribution in [-0.2, 0) is 0 Å². The molecule has 0 heterocycles. The number of hydrogen-bond donors (Lipinski definition) is 0. The Hall–Kier alpha value is 0.400. The first-order chi connectivity index (χ1) is 9.56. The third-order valence-corrected chi connectivity index (χ3v) is 4.18. The molecule has 0 bridgehead atoms. The Bertz CT molecular complexity index is 192. The molecule has 0 fully saturated rings. The van der Waals surface area contributed by atoms with Gasteiger partial charge in [-0.05, 0) is 12.8 Å². The van der Waals surface area contributed by atoms with Gasteiger partial charge in [-0.1, -0.05) is 84.0 Å². The minimum Gasteiger partial charge on any atom is -1.00 e. The maximum Gasteiger partial charge on any atom is 0.0780 e. The first-order valence-electron chi connectivity index (χ1n) is 9.36. The lowest BCUT2D eigenvalue weighted by atomic mass is 10.0. The highest BCUT2D eigenvalue weighted by Gasteiger charge is 2.04. The second-order valence-corrected chi connectivity index (χ2v) is 7.61. The van der Waals surface area contributed by atoms with Crippen molar-refractivity contribution >= 4 is 0 Å². The van der Waals surface area contributed by atoms with Crippen molar-refractivity contribution in [2.45, 2.75) is 96.8 Å². The van der Waals surface area contributed by atoms with E-state index >= 15 is 0 Å². The molecule has 0 aromatic heterocycles. The van der Waals surface area contributed by atoms with Crippen LogP contribution in [0.1, 0.15) is 96.8 Å². The fourth-order valence-electron chi connectivity index (χ4n) is 2.78. The Morgan fingerprint density at radius 1 is 0.500 bits per heavy atom. The van der Waals surface area contributed by atoms with Crippen LogP contribution in [0, 0.1) is 0 Å². The Labute approximate surface area is 151 Å². The highest BCUT2D eigenvalue weighted by molar-refractivity contribution is 4.49. The lowest BCUT2D eigenvalue weighted by Gasteiger charge is -2.23. The average Bonchev–Trinajstić information content (AvgIpc) is 2.38. The lowest BCUT2D eigenvalue weighted by Crippen LogP contribution is -3.00. The maximum atomic E-state index is 2.29. The summed E-state index contributed by atoms with van der Waals surface area (Å²) in [5, 5.41) is 0. The van der Waals surface area contributed by atoms with Gasteiger partial charge >= 0.3 is 0 Å². The molecule has 2 N–H and O–H groups in total. The Morgan fingerprint density at radius 3 is 1.05 bits per heavy atom. The van der Waals surface area contributed by atoms with Crippen LogP contribution in [-0.4, -0.2) is 37.6 Å². The fraction of sp³-hybridized carbons (Fsp3) is 1.00. The first-order valence-corrected chi connectivity index (χ1v) is 9.36. The fourth-order valence-corrected chi connectivity index (χ4v) is 2.78. The monoisotopic (exact) mass is 381 g/mol. The van der Waals surface area contributed by atoms with Crippen molar-refractivity contribution in [1.82, 2.24) is 0 Å². The molecule has 0 aliphatic rings. The lowest BCUT2D eigenvalue weighted by molar-refractivity contribution is -0.870. The zero-order valence-corrected chi connectivity index (χ0v) is 17.5. The number of hydrogen-bond acceptors (Lipinski definition) is 0. The molecule has 0 aliphatic carbocycles. The van der Waals surface area contributed by atoms with Gasteiger partial charge in [0.15, 0.2) is 0 Å². The molecule has 0 amide bonds. The number of unbranched alkanes of at least 4 members (excludes halogenated alkanes) is 13. The van der Waals surface area contributed by atoms with Crippen LogP contribution in [0.3, 0.4) is 0 Å². The van der Waals surface area contributed by atoms with Crippen LogP contribution in [0.5, 0.6) is 0 Å². The van der Waals surface area contributed by atoms with E-state index in [0.717, 1.165) is 4.48 Å². The maximum absolute atomic E-state index is 2.29. The van der Waals surface area contributed by atoms with Crippen molar-refractivity contribution in [3.05, 3.63) is 0 Å². The zero-order valence-electron chi connectivity index (χ0n) is 15.9. The van der Waals surface area contributed by atoms with Gasteiger partial charge in [0.1, 0.15) is 0 Å². The largest absolute Gasteiger partial charge is 1.00 e. The van der Waals surface area contributed by atoms with Gasteiger partial charge in [0.2, 0.25) is 0 Å². The average molecular weight is 382 g/mol. The summed E-state index contributed by atoms with van der Waals surface area (Å²) in [5.74, 6) is 0. The van der Waals surface area contributed by atoms with Gasteiger partial charge in [-0.15, -0.1) is 0 Å². The normalized spacial score (nSPS) is 10.9. The summed E-state index contributed by atoms with van der Waals surface area (Å²) in [6.07, 6.45) is 20.4. The van der Waals surface area contributed by atoms with Crippen molar-refractivity contribution in [2.24, 2.45) is 0 Å². The molecular weight excluding hydrogens is 338 g/mol. The Kier molecular flexibility index (Phi) is 24.1. The smallest absolute Gasteiger partial charge is 0.0780 e. The third kappa shape index (κ3) is 25.4. The minimum atomic E-state index is 0. The summed E-state index contributed by atoms with van der Waals surface area (Å²) in [5.41, 5.74) is 0. The van der Waals surface area contributed by atoms with E-state index in [1.54, 1.807) is 0 Å². The van der Waals surface area contributed by atoms with E-state index < -0.39 is 0 Å². The summed E-state index contributed by atoms with van der Waals surface area (Å²) >= 11 is 0. The third-order valence-electron chi connectivity index (χ3n) is 4.18. The Balaban J connectivity index is -0.00000180. The van der Waals surface area contributed by atoms with Gasteiger partial charge in [0.25, 0.3) is 0 Å². The standard InChI is InChI=1S/C19H42N.BrH.H2O/c1-5-6-7-8-9-10-11-12-13-14-15-16-17-18-19-20(2,3)4;;/h5-19H2,1-4H3;1H;1H2/q+1;;/p-1. The summed E-state index contributed by atoms with van der Waals surface area (Å²) in [7, 11) is 6.88. The minimum absolute atomic E-state index is 0. The second-order valence-electron chi connectivity index (χ2n) is 7.61. The quantitative estimate of drug-likeness (QED) is 0.308. The number of quaternary nitrogens is 1. The second kappa shape index (κ2) is 19.4. The summed E-state index contributed by atoms with van der Waals surface area (Å²) < 4.78 is 1.12. The number of rotatable bonds is 15. The zero-order chi connectivity index (χ0) is 15.1. The van der Waals surface area contributed by atoms with Crippen molar-refractivity contribution in [3.8, 4) is 0 Å². The molecule has 0 atom stereocenters. The predicted octanol–water partition coefficient (Wildman–Crippen LogP) is 2.35. The van der Waals surface area contributed by atoms with Crippen molar-refractivity contribution in [3.63, 3.8) is 0 Å². The van der Waals surface area contributed by atoms with E-state index in [2.05, 4.69) is 28.1 Å². The van der Waals surface area contributed by atoms with E-state index in [1.165, 1.54) is 96.4 Å². The van der Waals surface area contributed by atoms with Crippen LogP contribution >= 0.6 is 0 Å². The van der Waals surface area contributed by atoms with Crippen LogP contribution < -0.4 is 17.0 Å². The van der Waals surface area contributed by atoms with Crippen molar-refractivity contribution in [2.75, 3.05) is 27.7 Å². The van der Waals surface area contributed by atoms with Gasteiger partial charge in [0.05, 0.1) is 27.7 Å². The molecule has 0 rings (SSSR count). The summed E-state index contributed by atoms with van der Waals surface area (Å²) in [6, 6.07) is 0. The van der Waals surface area contributed by atoms with Gasteiger partial charge in [-0.3, -0.25) is 0 Å². The van der Waals surface area contributed by atoms with E-state index in [0.29, 0.717) is 0 Å². The number of nitrogens with zero attached hydrogens (tertiary/aromatic N) is 1. The molecule has 0 saturated carbocycles. The topological polar surface area (TPSA) is 31.5 Å². The molecule has 0 radical (unpaired) electrons. The molecule has 0 unspecified atom stereocenters. The molecule has 22 heavy (non-hydrogen) atoms. The number of halogens is 1. The van der Waals surface area contributed by atoms with Crippen molar-refractivity contribution in [1.29, 1.82) is 0 Å². The van der Waals surface area contributed by atoms with Gasteiger partial charge in [-0.2, -0.15) is 0 Å². The van der Waals surface area contributed by atoms with Crippen LogP contribution in [0.4, 0.5) is 0 Å². The van der Waals surface area contributed by atoms with Crippen LogP contribution in [0.15, 0.2) is 0 Å². The predicted molar refractivity (Wildman–Crippen MR) is 96.8 cm³/mol. The molecular formula is C19H44BrNO. The molecule has 138 valence electrons. The molecule has 0 saturated heterocycles. The van der Waals surface area contributed by atoms with Crippen LogP contribution in [0.25, 0.3) is 0 Å². The van der Waals surface area contributed by atoms with Gasteiger partial charge < -0.3 is 26.9 Å². The van der Waals surface area contributed by atoms with Gasteiger partial charge in [-0.25, -0.2) is 0 Å². The molecule has 2 nitrogen and oxygen atoms in total. The molecule has 0 spiro atoms. The van der Waals surface area contributed by atoms with Crippen molar-refractivity contribution < 1.29 is 26.9 Å². The highest BCUT2D eigenvalue weighted by atomic mass is 79.9. The molecule has 0 aromatic carbocycles.